The lowest BCUT2D eigenvalue weighted by Crippen LogP contribution is -2.52. The first-order chi connectivity index (χ1) is 4.96. The van der Waals surface area contributed by atoms with Crippen LogP contribution in [-0.2, 0) is 0 Å². The molecule has 11 heavy (non-hydrogen) atoms. The van der Waals surface area contributed by atoms with E-state index in [0.717, 1.165) is 17.8 Å². The van der Waals surface area contributed by atoms with Crippen LogP contribution < -0.4 is 5.73 Å². The largest absolute Gasteiger partial charge is 0.325 e. The Labute approximate surface area is 70.4 Å². The minimum atomic E-state index is 0.0488. The highest BCUT2D eigenvalue weighted by Gasteiger charge is 2.43. The van der Waals surface area contributed by atoms with Crippen molar-refractivity contribution in [1.29, 1.82) is 0 Å². The van der Waals surface area contributed by atoms with Crippen molar-refractivity contribution in [2.24, 2.45) is 23.5 Å². The van der Waals surface area contributed by atoms with Crippen molar-refractivity contribution in [2.75, 3.05) is 0 Å². The van der Waals surface area contributed by atoms with Gasteiger partial charge in [-0.2, -0.15) is 0 Å². The van der Waals surface area contributed by atoms with E-state index in [1.807, 2.05) is 0 Å². The molecule has 0 radical (unpaired) electrons. The molecule has 0 aliphatic heterocycles. The van der Waals surface area contributed by atoms with Crippen molar-refractivity contribution in [2.45, 2.75) is 46.1 Å². The summed E-state index contributed by atoms with van der Waals surface area (Å²) in [5.74, 6) is 2.56. The highest BCUT2D eigenvalue weighted by molar-refractivity contribution is 4.96. The molecule has 0 aromatic rings. The third kappa shape index (κ3) is 1.58. The quantitative estimate of drug-likeness (QED) is 0.651. The Kier molecular flexibility index (Phi) is 2.29. The summed E-state index contributed by atoms with van der Waals surface area (Å²) >= 11 is 0. The Balaban J connectivity index is 2.51. The van der Waals surface area contributed by atoms with Crippen LogP contribution in [0, 0.1) is 17.8 Å². The van der Waals surface area contributed by atoms with Gasteiger partial charge in [0, 0.05) is 5.54 Å². The van der Waals surface area contributed by atoms with E-state index in [-0.39, 0.29) is 5.54 Å². The Hall–Kier alpha value is -0.0400. The van der Waals surface area contributed by atoms with E-state index in [0.29, 0.717) is 0 Å². The van der Waals surface area contributed by atoms with Crippen LogP contribution in [0.2, 0.25) is 0 Å². The van der Waals surface area contributed by atoms with Crippen molar-refractivity contribution in [3.63, 3.8) is 0 Å². The molecule has 0 saturated heterocycles. The van der Waals surface area contributed by atoms with Gasteiger partial charge in [0.2, 0.25) is 0 Å². The maximum absolute atomic E-state index is 6.07. The van der Waals surface area contributed by atoms with E-state index in [9.17, 15) is 0 Å². The molecule has 1 rings (SSSR count). The number of hydrogen-bond acceptors (Lipinski definition) is 1. The predicted molar refractivity (Wildman–Crippen MR) is 49.3 cm³/mol. The Morgan fingerprint density at radius 2 is 2.00 bits per heavy atom. The average molecular weight is 155 g/mol. The highest BCUT2D eigenvalue weighted by Crippen LogP contribution is 2.46. The van der Waals surface area contributed by atoms with Gasteiger partial charge in [-0.1, -0.05) is 20.3 Å². The topological polar surface area (TPSA) is 26.0 Å². The second-order valence-electron chi connectivity index (χ2n) is 4.71. The maximum atomic E-state index is 6.07. The summed E-state index contributed by atoms with van der Waals surface area (Å²) in [7, 11) is 0. The van der Waals surface area contributed by atoms with E-state index in [4.69, 9.17) is 5.73 Å². The summed E-state index contributed by atoms with van der Waals surface area (Å²) in [5, 5.41) is 0. The fourth-order valence-corrected chi connectivity index (χ4v) is 2.49. The van der Waals surface area contributed by atoms with Gasteiger partial charge in [-0.15, -0.1) is 0 Å². The van der Waals surface area contributed by atoms with Gasteiger partial charge in [-0.25, -0.2) is 0 Å². The number of nitrogens with two attached hydrogens (primary N) is 1. The molecule has 0 spiro atoms. The van der Waals surface area contributed by atoms with Gasteiger partial charge in [0.25, 0.3) is 0 Å². The third-order valence-electron chi connectivity index (χ3n) is 3.30. The minimum absolute atomic E-state index is 0.0488. The van der Waals surface area contributed by atoms with Gasteiger partial charge >= 0.3 is 0 Å². The molecule has 1 aliphatic carbocycles. The van der Waals surface area contributed by atoms with Crippen LogP contribution in [0.15, 0.2) is 0 Å². The zero-order chi connectivity index (χ0) is 8.65. The zero-order valence-corrected chi connectivity index (χ0v) is 8.22. The first-order valence-corrected chi connectivity index (χ1v) is 4.75. The molecule has 2 N–H and O–H groups in total. The smallest absolute Gasteiger partial charge is 0.0128 e. The SMILES string of the molecule is CCC1C(C(C)(C)N)C[C@H]1C. The molecular formula is C10H21N. The van der Waals surface area contributed by atoms with Gasteiger partial charge in [0.15, 0.2) is 0 Å². The Morgan fingerprint density at radius 3 is 2.18 bits per heavy atom. The first-order valence-electron chi connectivity index (χ1n) is 4.75. The van der Waals surface area contributed by atoms with Crippen LogP contribution in [0.3, 0.4) is 0 Å². The van der Waals surface area contributed by atoms with E-state index in [1.165, 1.54) is 12.8 Å². The molecular weight excluding hydrogens is 134 g/mol. The van der Waals surface area contributed by atoms with Crippen molar-refractivity contribution in [3.05, 3.63) is 0 Å². The monoisotopic (exact) mass is 155 g/mol. The molecule has 0 bridgehead atoms. The molecule has 0 aromatic heterocycles. The van der Waals surface area contributed by atoms with Crippen LogP contribution in [0.1, 0.15) is 40.5 Å². The molecule has 1 fully saturated rings. The predicted octanol–water partition coefficient (Wildman–Crippen LogP) is 2.41. The van der Waals surface area contributed by atoms with Crippen molar-refractivity contribution >= 4 is 0 Å². The maximum Gasteiger partial charge on any atom is 0.0128 e. The second kappa shape index (κ2) is 2.78. The number of rotatable bonds is 2. The molecule has 1 saturated carbocycles. The summed E-state index contributed by atoms with van der Waals surface area (Å²) < 4.78 is 0. The van der Waals surface area contributed by atoms with Gasteiger partial charge in [0.05, 0.1) is 0 Å². The van der Waals surface area contributed by atoms with E-state index in [2.05, 4.69) is 27.7 Å². The third-order valence-corrected chi connectivity index (χ3v) is 3.30. The zero-order valence-electron chi connectivity index (χ0n) is 8.22. The summed E-state index contributed by atoms with van der Waals surface area (Å²) in [6.45, 7) is 8.94. The summed E-state index contributed by atoms with van der Waals surface area (Å²) in [4.78, 5) is 0. The first kappa shape index (κ1) is 9.05. The molecule has 0 heterocycles. The summed E-state index contributed by atoms with van der Waals surface area (Å²) in [6, 6.07) is 0. The van der Waals surface area contributed by atoms with Crippen LogP contribution in [0.4, 0.5) is 0 Å². The molecule has 66 valence electrons. The van der Waals surface area contributed by atoms with Gasteiger partial charge in [-0.3, -0.25) is 0 Å². The molecule has 1 heteroatoms. The fourth-order valence-electron chi connectivity index (χ4n) is 2.49. The molecule has 3 atom stereocenters. The van der Waals surface area contributed by atoms with Crippen molar-refractivity contribution in [3.8, 4) is 0 Å². The van der Waals surface area contributed by atoms with Crippen molar-refractivity contribution in [1.82, 2.24) is 0 Å². The summed E-state index contributed by atoms with van der Waals surface area (Å²) in [5.41, 5.74) is 6.12. The number of hydrogen-bond donors (Lipinski definition) is 1. The van der Waals surface area contributed by atoms with E-state index < -0.39 is 0 Å². The molecule has 2 unspecified atom stereocenters. The minimum Gasteiger partial charge on any atom is -0.325 e. The van der Waals surface area contributed by atoms with Gasteiger partial charge < -0.3 is 5.73 Å². The Morgan fingerprint density at radius 1 is 1.45 bits per heavy atom. The van der Waals surface area contributed by atoms with E-state index in [1.54, 1.807) is 0 Å². The Bertz CT molecular complexity index is 134. The van der Waals surface area contributed by atoms with Crippen LogP contribution in [0.25, 0.3) is 0 Å². The van der Waals surface area contributed by atoms with Crippen molar-refractivity contribution < 1.29 is 0 Å². The second-order valence-corrected chi connectivity index (χ2v) is 4.71. The van der Waals surface area contributed by atoms with Crippen LogP contribution >= 0.6 is 0 Å². The van der Waals surface area contributed by atoms with Gasteiger partial charge in [-0.05, 0) is 38.0 Å². The molecule has 0 amide bonds. The lowest BCUT2D eigenvalue weighted by molar-refractivity contribution is 0.0286. The lowest BCUT2D eigenvalue weighted by Gasteiger charge is -2.49. The van der Waals surface area contributed by atoms with E-state index >= 15 is 0 Å². The average Bonchev–Trinajstić information content (AvgIpc) is 1.81. The van der Waals surface area contributed by atoms with Gasteiger partial charge in [0.1, 0.15) is 0 Å². The fraction of sp³-hybridized carbons (Fsp3) is 1.00. The van der Waals surface area contributed by atoms with Crippen LogP contribution in [0.5, 0.6) is 0 Å². The standard InChI is InChI=1S/C10H21N/c1-5-8-7(2)6-9(8)10(3,4)11/h7-9H,5-6,11H2,1-4H3/t7-,8?,9?/m1/s1. The normalized spacial score (nSPS) is 38.5. The molecule has 0 aromatic carbocycles. The van der Waals surface area contributed by atoms with Crippen LogP contribution in [-0.4, -0.2) is 5.54 Å². The molecule has 1 aliphatic rings. The summed E-state index contributed by atoms with van der Waals surface area (Å²) in [6.07, 6.45) is 2.63. The highest BCUT2D eigenvalue weighted by atomic mass is 14.8. The molecule has 1 nitrogen and oxygen atoms in total. The lowest BCUT2D eigenvalue weighted by atomic mass is 9.58.